The molecule has 0 spiro atoms. The number of primary amides is 1. The Hall–Kier alpha value is -1.56. The lowest BCUT2D eigenvalue weighted by Gasteiger charge is -2.26. The number of carbonyl (C=O) groups excluding carboxylic acids is 2. The molecular formula is C14H17BrN2O3. The molecule has 2 amide bonds. The summed E-state index contributed by atoms with van der Waals surface area (Å²) < 4.78 is 5.89. The van der Waals surface area contributed by atoms with Gasteiger partial charge in [0.15, 0.2) is 4.67 Å². The Balaban J connectivity index is 2.05. The fourth-order valence-electron chi connectivity index (χ4n) is 2.44. The lowest BCUT2D eigenvalue weighted by atomic mass is 10.2. The highest BCUT2D eigenvalue weighted by atomic mass is 79.9. The monoisotopic (exact) mass is 340 g/mol. The molecule has 1 aromatic rings. The molecule has 2 rings (SSSR count). The minimum Gasteiger partial charge on any atom is -0.450 e. The van der Waals surface area contributed by atoms with E-state index in [0.29, 0.717) is 10.4 Å². The zero-order valence-corrected chi connectivity index (χ0v) is 12.6. The zero-order valence-electron chi connectivity index (χ0n) is 11.0. The lowest BCUT2D eigenvalue weighted by molar-refractivity contribution is -0.133. The second-order valence-electron chi connectivity index (χ2n) is 4.85. The molecule has 0 saturated heterocycles. The van der Waals surface area contributed by atoms with E-state index in [0.717, 1.165) is 25.7 Å². The predicted octanol–water partition coefficient (Wildman–Crippen LogP) is 2.31. The molecule has 1 heterocycles. The number of hydrogen-bond acceptors (Lipinski definition) is 3. The van der Waals surface area contributed by atoms with Crippen LogP contribution in [0.15, 0.2) is 27.3 Å². The van der Waals surface area contributed by atoms with Gasteiger partial charge in [0.2, 0.25) is 11.8 Å². The Kier molecular flexibility index (Phi) is 5.00. The number of nitrogens with two attached hydrogens (primary N) is 1. The van der Waals surface area contributed by atoms with E-state index < -0.39 is 5.91 Å². The SMILES string of the molecule is NC(=O)CN(C(=O)/C=C\c1ccc(Br)o1)C1CCCC1. The zero-order chi connectivity index (χ0) is 14.5. The first-order chi connectivity index (χ1) is 9.56. The van der Waals surface area contributed by atoms with Crippen molar-refractivity contribution in [3.8, 4) is 0 Å². The quantitative estimate of drug-likeness (QED) is 0.835. The van der Waals surface area contributed by atoms with Gasteiger partial charge < -0.3 is 15.1 Å². The third kappa shape index (κ3) is 3.96. The standard InChI is InChI=1S/C14H17BrN2O3/c15-12-7-5-11(20-12)6-8-14(19)17(9-13(16)18)10-3-1-2-4-10/h5-8,10H,1-4,9H2,(H2,16,18)/b8-6-. The molecule has 0 radical (unpaired) electrons. The van der Waals surface area contributed by atoms with Crippen LogP contribution in [0.4, 0.5) is 0 Å². The molecule has 108 valence electrons. The van der Waals surface area contributed by atoms with Gasteiger partial charge in [-0.1, -0.05) is 12.8 Å². The van der Waals surface area contributed by atoms with Crippen molar-refractivity contribution in [3.63, 3.8) is 0 Å². The fourth-order valence-corrected chi connectivity index (χ4v) is 2.76. The molecule has 1 aromatic heterocycles. The van der Waals surface area contributed by atoms with Crippen molar-refractivity contribution in [2.45, 2.75) is 31.7 Å². The van der Waals surface area contributed by atoms with Gasteiger partial charge in [0, 0.05) is 12.1 Å². The second-order valence-corrected chi connectivity index (χ2v) is 5.63. The Labute approximate surface area is 125 Å². The van der Waals surface area contributed by atoms with Gasteiger partial charge in [-0.05, 0) is 47.0 Å². The summed E-state index contributed by atoms with van der Waals surface area (Å²) in [5.74, 6) is -0.113. The Morgan fingerprint density at radius 3 is 2.65 bits per heavy atom. The van der Waals surface area contributed by atoms with Crippen molar-refractivity contribution in [2.75, 3.05) is 6.54 Å². The Morgan fingerprint density at radius 2 is 2.10 bits per heavy atom. The topological polar surface area (TPSA) is 76.5 Å². The summed E-state index contributed by atoms with van der Waals surface area (Å²) in [6.07, 6.45) is 7.05. The van der Waals surface area contributed by atoms with Crippen LogP contribution in [0.5, 0.6) is 0 Å². The smallest absolute Gasteiger partial charge is 0.247 e. The maximum atomic E-state index is 12.2. The van der Waals surface area contributed by atoms with Crippen LogP contribution in [-0.2, 0) is 9.59 Å². The maximum Gasteiger partial charge on any atom is 0.247 e. The van der Waals surface area contributed by atoms with Crippen LogP contribution in [0.3, 0.4) is 0 Å². The summed E-state index contributed by atoms with van der Waals surface area (Å²) in [4.78, 5) is 24.9. The fraction of sp³-hybridized carbons (Fsp3) is 0.429. The average molecular weight is 341 g/mol. The molecule has 1 fully saturated rings. The number of halogens is 1. The third-order valence-corrected chi connectivity index (χ3v) is 3.79. The van der Waals surface area contributed by atoms with Crippen LogP contribution in [0.25, 0.3) is 6.08 Å². The van der Waals surface area contributed by atoms with E-state index in [9.17, 15) is 9.59 Å². The van der Waals surface area contributed by atoms with E-state index in [-0.39, 0.29) is 18.5 Å². The number of furan rings is 1. The minimum absolute atomic E-state index is 0.0321. The van der Waals surface area contributed by atoms with Crippen molar-refractivity contribution in [1.82, 2.24) is 4.90 Å². The van der Waals surface area contributed by atoms with Crippen molar-refractivity contribution < 1.29 is 14.0 Å². The Bertz CT molecular complexity index is 518. The third-order valence-electron chi connectivity index (χ3n) is 3.36. The van der Waals surface area contributed by atoms with Crippen LogP contribution in [0.2, 0.25) is 0 Å². The van der Waals surface area contributed by atoms with Crippen LogP contribution in [-0.4, -0.2) is 29.3 Å². The molecule has 0 bridgehead atoms. The Morgan fingerprint density at radius 1 is 1.40 bits per heavy atom. The van der Waals surface area contributed by atoms with Crippen LogP contribution in [0.1, 0.15) is 31.4 Å². The van der Waals surface area contributed by atoms with E-state index >= 15 is 0 Å². The maximum absolute atomic E-state index is 12.2. The molecule has 0 unspecified atom stereocenters. The van der Waals surface area contributed by atoms with Crippen molar-refractivity contribution in [2.24, 2.45) is 5.73 Å². The van der Waals surface area contributed by atoms with Crippen molar-refractivity contribution in [3.05, 3.63) is 28.6 Å². The number of hydrogen-bond donors (Lipinski definition) is 1. The van der Waals surface area contributed by atoms with Gasteiger partial charge in [-0.25, -0.2) is 0 Å². The average Bonchev–Trinajstić information content (AvgIpc) is 3.04. The molecule has 5 nitrogen and oxygen atoms in total. The number of rotatable bonds is 5. The number of amides is 2. The van der Waals surface area contributed by atoms with Gasteiger partial charge in [0.25, 0.3) is 0 Å². The van der Waals surface area contributed by atoms with Crippen LogP contribution in [0, 0.1) is 0 Å². The first-order valence-corrected chi connectivity index (χ1v) is 7.38. The highest BCUT2D eigenvalue weighted by Crippen LogP contribution is 2.24. The summed E-state index contributed by atoms with van der Waals surface area (Å²) in [6, 6.07) is 3.62. The summed E-state index contributed by atoms with van der Waals surface area (Å²) in [5.41, 5.74) is 5.23. The van der Waals surface area contributed by atoms with Gasteiger partial charge in [0.05, 0.1) is 6.54 Å². The first kappa shape index (κ1) is 14.8. The number of nitrogens with zero attached hydrogens (tertiary/aromatic N) is 1. The van der Waals surface area contributed by atoms with Crippen LogP contribution >= 0.6 is 15.9 Å². The van der Waals surface area contributed by atoms with E-state index in [2.05, 4.69) is 15.9 Å². The summed E-state index contributed by atoms with van der Waals surface area (Å²) in [6.45, 7) is -0.0321. The van der Waals surface area contributed by atoms with Gasteiger partial charge >= 0.3 is 0 Å². The normalized spacial score (nSPS) is 15.8. The lowest BCUT2D eigenvalue weighted by Crippen LogP contribution is -2.43. The van der Waals surface area contributed by atoms with Gasteiger partial charge in [-0.2, -0.15) is 0 Å². The van der Waals surface area contributed by atoms with Gasteiger partial charge in [0.1, 0.15) is 5.76 Å². The van der Waals surface area contributed by atoms with Crippen LogP contribution < -0.4 is 5.73 Å². The first-order valence-electron chi connectivity index (χ1n) is 6.58. The van der Waals surface area contributed by atoms with E-state index in [4.69, 9.17) is 10.2 Å². The van der Waals surface area contributed by atoms with E-state index in [1.807, 2.05) is 0 Å². The summed E-state index contributed by atoms with van der Waals surface area (Å²) in [5, 5.41) is 0. The summed E-state index contributed by atoms with van der Waals surface area (Å²) in [7, 11) is 0. The van der Waals surface area contributed by atoms with E-state index in [1.165, 1.54) is 6.08 Å². The second kappa shape index (κ2) is 6.74. The van der Waals surface area contributed by atoms with Gasteiger partial charge in [-0.3, -0.25) is 9.59 Å². The molecule has 1 aliphatic carbocycles. The molecule has 6 heteroatoms. The number of carbonyl (C=O) groups is 2. The molecule has 20 heavy (non-hydrogen) atoms. The molecular weight excluding hydrogens is 324 g/mol. The van der Waals surface area contributed by atoms with Gasteiger partial charge in [-0.15, -0.1) is 0 Å². The molecule has 0 atom stereocenters. The molecule has 1 saturated carbocycles. The molecule has 2 N–H and O–H groups in total. The summed E-state index contributed by atoms with van der Waals surface area (Å²) >= 11 is 3.20. The largest absolute Gasteiger partial charge is 0.450 e. The minimum atomic E-state index is -0.487. The van der Waals surface area contributed by atoms with E-state index in [1.54, 1.807) is 23.1 Å². The molecule has 1 aliphatic rings. The highest BCUT2D eigenvalue weighted by molar-refractivity contribution is 9.10. The highest BCUT2D eigenvalue weighted by Gasteiger charge is 2.26. The molecule has 0 aliphatic heterocycles. The predicted molar refractivity (Wildman–Crippen MR) is 78.6 cm³/mol. The molecule has 0 aromatic carbocycles. The van der Waals surface area contributed by atoms with Crippen molar-refractivity contribution in [1.29, 1.82) is 0 Å². The van der Waals surface area contributed by atoms with Crippen molar-refractivity contribution >= 4 is 33.8 Å².